The summed E-state index contributed by atoms with van der Waals surface area (Å²) in [7, 11) is -2.30. The Morgan fingerprint density at radius 2 is 2.13 bits per heavy atom. The van der Waals surface area contributed by atoms with Gasteiger partial charge in [0.2, 0.25) is 15.7 Å². The molecule has 8 nitrogen and oxygen atoms in total. The van der Waals surface area contributed by atoms with Crippen LogP contribution in [0.25, 0.3) is 0 Å². The minimum atomic E-state index is -3.98. The summed E-state index contributed by atoms with van der Waals surface area (Å²) in [5, 5.41) is 9.27. The fraction of sp³-hybridized carbons (Fsp3) is 0.421. The van der Waals surface area contributed by atoms with E-state index in [0.717, 1.165) is 0 Å². The predicted octanol–water partition coefficient (Wildman–Crippen LogP) is 1.92. The van der Waals surface area contributed by atoms with Crippen molar-refractivity contribution in [2.24, 2.45) is 9.98 Å². The third-order valence-electron chi connectivity index (χ3n) is 5.73. The third-order valence-corrected chi connectivity index (χ3v) is 8.62. The summed E-state index contributed by atoms with van der Waals surface area (Å²) in [6.45, 7) is 1.45. The van der Waals surface area contributed by atoms with Crippen LogP contribution in [0.15, 0.2) is 39.7 Å². The molecule has 1 aliphatic carbocycles. The van der Waals surface area contributed by atoms with Crippen LogP contribution in [0.2, 0.25) is 0 Å². The molecule has 0 radical (unpaired) electrons. The van der Waals surface area contributed by atoms with Crippen molar-refractivity contribution in [3.05, 3.63) is 39.1 Å². The van der Waals surface area contributed by atoms with Crippen LogP contribution in [-0.4, -0.2) is 59.9 Å². The number of aliphatic hydroxyl groups is 1. The Labute approximate surface area is 192 Å². The molecule has 1 aromatic carbocycles. The molecule has 31 heavy (non-hydrogen) atoms. The zero-order valence-electron chi connectivity index (χ0n) is 16.8. The van der Waals surface area contributed by atoms with Gasteiger partial charge in [-0.1, -0.05) is 0 Å². The van der Waals surface area contributed by atoms with E-state index in [4.69, 9.17) is 0 Å². The smallest absolute Gasteiger partial charge is 0.239 e. The Balaban J connectivity index is 1.80. The highest BCUT2D eigenvalue weighted by Crippen LogP contribution is 2.46. The van der Waals surface area contributed by atoms with Crippen LogP contribution in [0, 0.1) is 9.39 Å². The first-order valence-electron chi connectivity index (χ1n) is 9.57. The number of nitrogens with one attached hydrogen (secondary N) is 2. The van der Waals surface area contributed by atoms with Crippen LogP contribution in [0.3, 0.4) is 0 Å². The molecule has 1 fully saturated rings. The van der Waals surface area contributed by atoms with E-state index >= 15 is 4.39 Å². The molecule has 2 aliphatic heterocycles. The van der Waals surface area contributed by atoms with Crippen molar-refractivity contribution in [2.75, 3.05) is 13.7 Å². The molecular weight excluding hydrogens is 543 g/mol. The molecule has 1 saturated carbocycles. The molecule has 166 valence electrons. The summed E-state index contributed by atoms with van der Waals surface area (Å²) < 4.78 is 59.4. The summed E-state index contributed by atoms with van der Waals surface area (Å²) in [5.41, 5.74) is 3.09. The Bertz CT molecular complexity index is 1190. The Kier molecular flexibility index (Phi) is 5.67. The maximum Gasteiger partial charge on any atom is 0.239 e. The van der Waals surface area contributed by atoms with Crippen LogP contribution in [0.1, 0.15) is 26.2 Å². The maximum absolute atomic E-state index is 15.5. The molecule has 3 aliphatic rings. The topological polar surface area (TPSA) is 106 Å². The molecule has 0 amide bonds. The molecule has 4 rings (SSSR count). The highest BCUT2D eigenvalue weighted by molar-refractivity contribution is 14.1. The number of hydrazine groups is 1. The van der Waals surface area contributed by atoms with Crippen molar-refractivity contribution in [3.8, 4) is 0 Å². The zero-order chi connectivity index (χ0) is 22.6. The molecular formula is C19H21F2IN5O3S+. The Morgan fingerprint density at radius 3 is 2.74 bits per heavy atom. The number of sulfonamides is 1. The lowest BCUT2D eigenvalue weighted by molar-refractivity contribution is -0.545. The average molecular weight is 564 g/mol. The molecule has 3 N–H and O–H groups in total. The molecule has 12 heteroatoms. The quantitative estimate of drug-likeness (QED) is 0.376. The van der Waals surface area contributed by atoms with E-state index in [0.29, 0.717) is 22.1 Å². The van der Waals surface area contributed by atoms with Crippen molar-refractivity contribution < 1.29 is 27.0 Å². The number of hydrogen-bond donors (Lipinski definition) is 3. The van der Waals surface area contributed by atoms with Gasteiger partial charge in [0.1, 0.15) is 17.2 Å². The fourth-order valence-electron chi connectivity index (χ4n) is 3.57. The van der Waals surface area contributed by atoms with E-state index < -0.39 is 38.2 Å². The van der Waals surface area contributed by atoms with Gasteiger partial charge < -0.3 is 5.11 Å². The van der Waals surface area contributed by atoms with E-state index in [-0.39, 0.29) is 30.2 Å². The molecule has 0 saturated heterocycles. The van der Waals surface area contributed by atoms with Crippen molar-refractivity contribution in [2.45, 2.75) is 37.0 Å². The lowest BCUT2D eigenvalue weighted by atomic mass is 10.1. The zero-order valence-corrected chi connectivity index (χ0v) is 19.8. The number of hydrogen-bond acceptors (Lipinski definition) is 6. The van der Waals surface area contributed by atoms with Gasteiger partial charge in [0.15, 0.2) is 24.8 Å². The highest BCUT2D eigenvalue weighted by Gasteiger charge is 2.55. The van der Waals surface area contributed by atoms with Crippen molar-refractivity contribution in [1.29, 1.82) is 0 Å². The van der Waals surface area contributed by atoms with Gasteiger partial charge in [0.05, 0.1) is 10.4 Å². The van der Waals surface area contributed by atoms with E-state index in [9.17, 15) is 17.9 Å². The average Bonchev–Trinajstić information content (AvgIpc) is 3.43. The van der Waals surface area contributed by atoms with Crippen LogP contribution < -0.4 is 10.1 Å². The second kappa shape index (κ2) is 7.89. The fourth-order valence-corrected chi connectivity index (χ4v) is 5.65. The molecule has 0 spiro atoms. The minimum absolute atomic E-state index is 0.0658. The molecule has 1 atom stereocenters. The number of fused-ring (bicyclic) bond motifs is 1. The number of aliphatic imine (C=N–C) groups is 2. The minimum Gasteiger partial charge on any atom is -0.396 e. The third kappa shape index (κ3) is 3.89. The first kappa shape index (κ1) is 22.3. The number of rotatable bonds is 5. The second-order valence-electron chi connectivity index (χ2n) is 7.74. The van der Waals surface area contributed by atoms with Gasteiger partial charge in [-0.05, 0) is 60.1 Å². The van der Waals surface area contributed by atoms with Gasteiger partial charge in [-0.15, -0.1) is 4.68 Å². The monoisotopic (exact) mass is 564 g/mol. The Morgan fingerprint density at radius 1 is 1.42 bits per heavy atom. The Hall–Kier alpha value is -1.93. The first-order valence-corrected chi connectivity index (χ1v) is 12.1. The lowest BCUT2D eigenvalue weighted by Crippen LogP contribution is -2.46. The molecule has 1 unspecified atom stereocenters. The maximum atomic E-state index is 15.5. The number of halogens is 3. The molecule has 0 bridgehead atoms. The predicted molar refractivity (Wildman–Crippen MR) is 121 cm³/mol. The highest BCUT2D eigenvalue weighted by atomic mass is 127. The number of amidine groups is 1. The molecule has 0 aromatic heterocycles. The summed E-state index contributed by atoms with van der Waals surface area (Å²) >= 11 is 1.94. The van der Waals surface area contributed by atoms with Crippen LogP contribution in [0.4, 0.5) is 14.5 Å². The molecule has 2 heterocycles. The summed E-state index contributed by atoms with van der Waals surface area (Å²) in [6.07, 6.45) is 0.837. The summed E-state index contributed by atoms with van der Waals surface area (Å²) in [4.78, 5) is 8.50. The number of nitrogens with zero attached hydrogens (tertiary/aromatic N) is 3. The number of dihydropyridines is 1. The van der Waals surface area contributed by atoms with Crippen LogP contribution in [0.5, 0.6) is 0 Å². The van der Waals surface area contributed by atoms with E-state index in [1.54, 1.807) is 24.7 Å². The SMILES string of the molecule is CC1=[N+](C)NC2=C(F)C(=Nc3ccc(I)cc3F)C(NS(=O)(=O)C3(CCO)CC3)=NC21. The van der Waals surface area contributed by atoms with Gasteiger partial charge in [0, 0.05) is 17.1 Å². The number of benzene rings is 1. The van der Waals surface area contributed by atoms with Crippen LogP contribution in [-0.2, 0) is 10.0 Å². The van der Waals surface area contributed by atoms with Gasteiger partial charge in [-0.3, -0.25) is 4.72 Å². The van der Waals surface area contributed by atoms with Crippen molar-refractivity contribution >= 4 is 55.6 Å². The normalized spacial score (nSPS) is 23.6. The second-order valence-corrected chi connectivity index (χ2v) is 11.1. The number of hydrazone groups is 1. The molecule has 1 aromatic rings. The van der Waals surface area contributed by atoms with Gasteiger partial charge >= 0.3 is 0 Å². The van der Waals surface area contributed by atoms with E-state index in [1.807, 2.05) is 22.6 Å². The standard InChI is InChI=1S/C19H21F2IN5O3S/c1-10-15-16(25-27(10)2)14(21)17(23-13-4-3-11(22)9-12(13)20)18(24-15)26-31(29,30)19(5-6-19)7-8-28/h3-4,9,15,25,28H,5-8H2,1-2H3,(H,24,26)/q+1. The van der Waals surface area contributed by atoms with E-state index in [1.165, 1.54) is 12.1 Å². The summed E-state index contributed by atoms with van der Waals surface area (Å²) in [5.74, 6) is -1.77. The van der Waals surface area contributed by atoms with Crippen molar-refractivity contribution in [3.63, 3.8) is 0 Å². The van der Waals surface area contributed by atoms with Gasteiger partial charge in [0.25, 0.3) is 0 Å². The van der Waals surface area contributed by atoms with Crippen LogP contribution >= 0.6 is 22.6 Å². The summed E-state index contributed by atoms with van der Waals surface area (Å²) in [6, 6.07) is 3.49. The largest absolute Gasteiger partial charge is 0.396 e. The lowest BCUT2D eigenvalue weighted by Gasteiger charge is -2.22. The number of aliphatic hydroxyl groups excluding tert-OH is 1. The first-order chi connectivity index (χ1) is 14.6. The van der Waals surface area contributed by atoms with E-state index in [2.05, 4.69) is 20.1 Å². The van der Waals surface area contributed by atoms with Gasteiger partial charge in [-0.25, -0.2) is 27.2 Å². The van der Waals surface area contributed by atoms with Crippen molar-refractivity contribution in [1.82, 2.24) is 10.1 Å². The van der Waals surface area contributed by atoms with Gasteiger partial charge in [-0.2, -0.15) is 5.43 Å².